The van der Waals surface area contributed by atoms with E-state index in [0.29, 0.717) is 26.3 Å². The summed E-state index contributed by atoms with van der Waals surface area (Å²) in [4.78, 5) is 13.9. The molecule has 17 heavy (non-hydrogen) atoms. The Labute approximate surface area is 102 Å². The Kier molecular flexibility index (Phi) is 4.76. The minimum Gasteiger partial charge on any atom is -0.378 e. The molecule has 0 spiro atoms. The molecule has 2 saturated heterocycles. The van der Waals surface area contributed by atoms with Gasteiger partial charge >= 0.3 is 0 Å². The highest BCUT2D eigenvalue weighted by Crippen LogP contribution is 2.11. The van der Waals surface area contributed by atoms with E-state index in [4.69, 9.17) is 9.47 Å². The number of rotatable bonds is 4. The van der Waals surface area contributed by atoms with E-state index in [1.165, 1.54) is 0 Å². The molecule has 2 fully saturated rings. The Balaban J connectivity index is 1.70. The van der Waals surface area contributed by atoms with Gasteiger partial charge in [0.25, 0.3) is 0 Å². The van der Waals surface area contributed by atoms with E-state index >= 15 is 0 Å². The molecule has 0 aliphatic carbocycles. The zero-order valence-corrected chi connectivity index (χ0v) is 10.5. The van der Waals surface area contributed by atoms with Gasteiger partial charge in [-0.3, -0.25) is 4.79 Å². The molecule has 98 valence electrons. The lowest BCUT2D eigenvalue weighted by Gasteiger charge is -2.29. The average Bonchev–Trinajstić information content (AvgIpc) is 2.89. The van der Waals surface area contributed by atoms with Crippen LogP contribution >= 0.6 is 0 Å². The Morgan fingerprint density at radius 1 is 1.41 bits per heavy atom. The van der Waals surface area contributed by atoms with Crippen LogP contribution in [-0.2, 0) is 14.3 Å². The molecule has 0 bridgehead atoms. The third-order valence-corrected chi connectivity index (χ3v) is 3.37. The van der Waals surface area contributed by atoms with Gasteiger partial charge in [0.1, 0.15) is 0 Å². The minimum absolute atomic E-state index is 0.128. The molecule has 2 rings (SSSR count). The molecule has 1 amide bonds. The van der Waals surface area contributed by atoms with Crippen molar-refractivity contribution in [2.45, 2.75) is 31.9 Å². The van der Waals surface area contributed by atoms with Crippen LogP contribution < -0.4 is 5.32 Å². The summed E-state index contributed by atoms with van der Waals surface area (Å²) in [7, 11) is 0. The van der Waals surface area contributed by atoms with Gasteiger partial charge in [-0.25, -0.2) is 0 Å². The monoisotopic (exact) mass is 242 g/mol. The molecule has 2 heterocycles. The van der Waals surface area contributed by atoms with Crippen molar-refractivity contribution < 1.29 is 14.3 Å². The molecule has 2 aliphatic heterocycles. The fraction of sp³-hybridized carbons (Fsp3) is 0.917. The molecule has 0 aromatic heterocycles. The second-order valence-electron chi connectivity index (χ2n) is 4.70. The van der Waals surface area contributed by atoms with E-state index in [-0.39, 0.29) is 18.1 Å². The zero-order valence-electron chi connectivity index (χ0n) is 10.5. The Bertz CT molecular complexity index is 248. The second-order valence-corrected chi connectivity index (χ2v) is 4.70. The van der Waals surface area contributed by atoms with Crippen LogP contribution in [0.1, 0.15) is 19.8 Å². The predicted molar refractivity (Wildman–Crippen MR) is 63.8 cm³/mol. The van der Waals surface area contributed by atoms with Crippen molar-refractivity contribution in [1.29, 1.82) is 0 Å². The van der Waals surface area contributed by atoms with Gasteiger partial charge < -0.3 is 19.7 Å². The minimum atomic E-state index is -0.128. The predicted octanol–water partition coefficient (Wildman–Crippen LogP) is 0.00230. The summed E-state index contributed by atoms with van der Waals surface area (Å²) >= 11 is 0. The van der Waals surface area contributed by atoms with E-state index in [0.717, 1.165) is 26.0 Å². The van der Waals surface area contributed by atoms with Gasteiger partial charge in [-0.2, -0.15) is 0 Å². The summed E-state index contributed by atoms with van der Waals surface area (Å²) in [5.74, 6) is 0.172. The first-order chi connectivity index (χ1) is 8.27. The van der Waals surface area contributed by atoms with Crippen LogP contribution in [0, 0.1) is 0 Å². The third-order valence-electron chi connectivity index (χ3n) is 3.37. The van der Waals surface area contributed by atoms with Crippen LogP contribution in [0.25, 0.3) is 0 Å². The standard InChI is InChI=1S/C12H22N2O3/c1-10(13-9-11-3-2-6-17-11)12(15)14-4-7-16-8-5-14/h10-11,13H,2-9H2,1H3. The summed E-state index contributed by atoms with van der Waals surface area (Å²) in [5, 5.41) is 3.26. The molecule has 2 aliphatic rings. The molecule has 2 unspecified atom stereocenters. The zero-order chi connectivity index (χ0) is 12.1. The smallest absolute Gasteiger partial charge is 0.239 e. The van der Waals surface area contributed by atoms with Crippen molar-refractivity contribution in [3.63, 3.8) is 0 Å². The lowest BCUT2D eigenvalue weighted by molar-refractivity contribution is -0.137. The summed E-state index contributed by atoms with van der Waals surface area (Å²) in [6.07, 6.45) is 2.53. The van der Waals surface area contributed by atoms with Crippen molar-refractivity contribution >= 4 is 5.91 Å². The van der Waals surface area contributed by atoms with Crippen molar-refractivity contribution in [2.75, 3.05) is 39.5 Å². The van der Waals surface area contributed by atoms with Gasteiger partial charge in [-0.15, -0.1) is 0 Å². The number of nitrogens with one attached hydrogen (secondary N) is 1. The van der Waals surface area contributed by atoms with Crippen LogP contribution in [-0.4, -0.2) is 62.4 Å². The quantitative estimate of drug-likeness (QED) is 0.754. The molecule has 1 N–H and O–H groups in total. The number of hydrogen-bond acceptors (Lipinski definition) is 4. The first-order valence-corrected chi connectivity index (χ1v) is 6.49. The molecule has 2 atom stereocenters. The number of hydrogen-bond donors (Lipinski definition) is 1. The van der Waals surface area contributed by atoms with Crippen LogP contribution in [0.15, 0.2) is 0 Å². The van der Waals surface area contributed by atoms with Crippen LogP contribution in [0.3, 0.4) is 0 Å². The molecule has 0 saturated carbocycles. The second kappa shape index (κ2) is 6.33. The fourth-order valence-corrected chi connectivity index (χ4v) is 2.26. The summed E-state index contributed by atoms with van der Waals surface area (Å²) in [6.45, 7) is 6.30. The van der Waals surface area contributed by atoms with Gasteiger partial charge in [0.05, 0.1) is 25.4 Å². The molecule has 0 aromatic carbocycles. The van der Waals surface area contributed by atoms with Gasteiger partial charge in [-0.1, -0.05) is 0 Å². The lowest BCUT2D eigenvalue weighted by Crippen LogP contribution is -2.50. The Morgan fingerprint density at radius 2 is 2.18 bits per heavy atom. The Morgan fingerprint density at radius 3 is 2.82 bits per heavy atom. The number of amides is 1. The van der Waals surface area contributed by atoms with Crippen molar-refractivity contribution in [2.24, 2.45) is 0 Å². The fourth-order valence-electron chi connectivity index (χ4n) is 2.26. The highest BCUT2D eigenvalue weighted by atomic mass is 16.5. The first-order valence-electron chi connectivity index (χ1n) is 6.49. The van der Waals surface area contributed by atoms with Crippen molar-refractivity contribution in [3.05, 3.63) is 0 Å². The van der Waals surface area contributed by atoms with E-state index < -0.39 is 0 Å². The largest absolute Gasteiger partial charge is 0.378 e. The molecular formula is C12H22N2O3. The number of carbonyl (C=O) groups excluding carboxylic acids is 1. The highest BCUT2D eigenvalue weighted by molar-refractivity contribution is 5.81. The van der Waals surface area contributed by atoms with E-state index in [9.17, 15) is 4.79 Å². The summed E-state index contributed by atoms with van der Waals surface area (Å²) in [6, 6.07) is -0.128. The summed E-state index contributed by atoms with van der Waals surface area (Å²) < 4.78 is 10.8. The topological polar surface area (TPSA) is 50.8 Å². The maximum atomic E-state index is 12.1. The van der Waals surface area contributed by atoms with Gasteiger partial charge in [0.2, 0.25) is 5.91 Å². The Hall–Kier alpha value is -0.650. The maximum absolute atomic E-state index is 12.1. The lowest BCUT2D eigenvalue weighted by atomic mass is 10.2. The maximum Gasteiger partial charge on any atom is 0.239 e. The third kappa shape index (κ3) is 3.66. The average molecular weight is 242 g/mol. The normalized spacial score (nSPS) is 27.1. The SMILES string of the molecule is CC(NCC1CCCO1)C(=O)N1CCOCC1. The molecule has 5 heteroatoms. The molecule has 0 aromatic rings. The van der Waals surface area contributed by atoms with E-state index in [1.54, 1.807) is 0 Å². The van der Waals surface area contributed by atoms with Crippen molar-refractivity contribution in [3.8, 4) is 0 Å². The molecule has 5 nitrogen and oxygen atoms in total. The van der Waals surface area contributed by atoms with E-state index in [2.05, 4.69) is 5.32 Å². The van der Waals surface area contributed by atoms with E-state index in [1.807, 2.05) is 11.8 Å². The van der Waals surface area contributed by atoms with Crippen molar-refractivity contribution in [1.82, 2.24) is 10.2 Å². The van der Waals surface area contributed by atoms with Gasteiger partial charge in [-0.05, 0) is 19.8 Å². The molecule has 0 radical (unpaired) electrons. The molecular weight excluding hydrogens is 220 g/mol. The van der Waals surface area contributed by atoms with Crippen LogP contribution in [0.2, 0.25) is 0 Å². The van der Waals surface area contributed by atoms with Crippen LogP contribution in [0.4, 0.5) is 0 Å². The van der Waals surface area contributed by atoms with Gasteiger partial charge in [0.15, 0.2) is 0 Å². The highest BCUT2D eigenvalue weighted by Gasteiger charge is 2.23. The van der Waals surface area contributed by atoms with Gasteiger partial charge in [0, 0.05) is 26.2 Å². The number of ether oxygens (including phenoxy) is 2. The number of morpholine rings is 1. The van der Waals surface area contributed by atoms with Crippen LogP contribution in [0.5, 0.6) is 0 Å². The number of nitrogens with zero attached hydrogens (tertiary/aromatic N) is 1. The number of carbonyl (C=O) groups is 1. The summed E-state index contributed by atoms with van der Waals surface area (Å²) in [5.41, 5.74) is 0. The first kappa shape index (κ1) is 12.8.